The number of benzene rings is 1. The molecule has 5 heteroatoms. The first-order valence-corrected chi connectivity index (χ1v) is 8.88. The summed E-state index contributed by atoms with van der Waals surface area (Å²) >= 11 is 0. The predicted octanol–water partition coefficient (Wildman–Crippen LogP) is 2.01. The summed E-state index contributed by atoms with van der Waals surface area (Å²) < 4.78 is 25.6. The summed E-state index contributed by atoms with van der Waals surface area (Å²) in [6, 6.07) is 8.45. The lowest BCUT2D eigenvalue weighted by Crippen LogP contribution is -2.33. The van der Waals surface area contributed by atoms with Gasteiger partial charge in [-0.3, -0.25) is 4.79 Å². The normalized spacial score (nSPS) is 23.6. The Morgan fingerprint density at radius 1 is 1.24 bits per heavy atom. The lowest BCUT2D eigenvalue weighted by molar-refractivity contribution is -0.120. The van der Waals surface area contributed by atoms with Crippen molar-refractivity contribution in [2.75, 3.05) is 19.6 Å². The highest BCUT2D eigenvalue weighted by Gasteiger charge is 2.44. The van der Waals surface area contributed by atoms with Gasteiger partial charge in [0.05, 0.1) is 10.1 Å². The van der Waals surface area contributed by atoms with Crippen LogP contribution in [0.3, 0.4) is 0 Å². The van der Waals surface area contributed by atoms with E-state index in [0.29, 0.717) is 23.9 Å². The summed E-state index contributed by atoms with van der Waals surface area (Å²) in [5.74, 6) is -0.00416. The monoisotopic (exact) mass is 309 g/mol. The SMILES string of the molecule is CC(=O)[C@@H]1CN(CC(C)C)C[C@H]1S(=O)(=O)c1ccccc1. The molecule has 1 aromatic carbocycles. The fraction of sp³-hybridized carbons (Fsp3) is 0.562. The largest absolute Gasteiger partial charge is 0.301 e. The maximum absolute atomic E-state index is 12.8. The molecule has 1 fully saturated rings. The molecule has 0 radical (unpaired) electrons. The first-order chi connectivity index (χ1) is 9.82. The van der Waals surface area contributed by atoms with Crippen LogP contribution >= 0.6 is 0 Å². The summed E-state index contributed by atoms with van der Waals surface area (Å²) in [6.07, 6.45) is 0. The highest BCUT2D eigenvalue weighted by Crippen LogP contribution is 2.29. The first kappa shape index (κ1) is 16.2. The quantitative estimate of drug-likeness (QED) is 0.835. The minimum atomic E-state index is -3.46. The van der Waals surface area contributed by atoms with Gasteiger partial charge in [0.2, 0.25) is 0 Å². The number of carbonyl (C=O) groups excluding carboxylic acids is 1. The van der Waals surface area contributed by atoms with Crippen molar-refractivity contribution in [3.8, 4) is 0 Å². The van der Waals surface area contributed by atoms with E-state index < -0.39 is 21.0 Å². The summed E-state index contributed by atoms with van der Waals surface area (Å²) in [5, 5.41) is -0.629. The Labute approximate surface area is 127 Å². The molecule has 116 valence electrons. The van der Waals surface area contributed by atoms with Crippen molar-refractivity contribution in [3.63, 3.8) is 0 Å². The Balaban J connectivity index is 2.30. The van der Waals surface area contributed by atoms with E-state index >= 15 is 0 Å². The van der Waals surface area contributed by atoms with E-state index in [1.807, 2.05) is 0 Å². The van der Waals surface area contributed by atoms with Crippen molar-refractivity contribution < 1.29 is 13.2 Å². The van der Waals surface area contributed by atoms with Crippen LogP contribution in [-0.2, 0) is 14.6 Å². The van der Waals surface area contributed by atoms with Gasteiger partial charge in [0.15, 0.2) is 9.84 Å². The molecule has 4 nitrogen and oxygen atoms in total. The van der Waals surface area contributed by atoms with Gasteiger partial charge in [0.25, 0.3) is 0 Å². The van der Waals surface area contributed by atoms with Gasteiger partial charge < -0.3 is 4.90 Å². The van der Waals surface area contributed by atoms with Gasteiger partial charge in [0, 0.05) is 25.6 Å². The van der Waals surface area contributed by atoms with Crippen LogP contribution in [0.2, 0.25) is 0 Å². The highest BCUT2D eigenvalue weighted by molar-refractivity contribution is 7.92. The zero-order valence-electron chi connectivity index (χ0n) is 12.8. The van der Waals surface area contributed by atoms with Crippen molar-refractivity contribution in [1.29, 1.82) is 0 Å². The number of hydrogen-bond donors (Lipinski definition) is 0. The maximum Gasteiger partial charge on any atom is 0.183 e. The Morgan fingerprint density at radius 3 is 2.38 bits per heavy atom. The number of nitrogens with zero attached hydrogens (tertiary/aromatic N) is 1. The number of rotatable bonds is 5. The fourth-order valence-corrected chi connectivity index (χ4v) is 5.01. The number of carbonyl (C=O) groups is 1. The molecule has 21 heavy (non-hydrogen) atoms. The van der Waals surface area contributed by atoms with Crippen LogP contribution in [-0.4, -0.2) is 44.0 Å². The van der Waals surface area contributed by atoms with E-state index in [-0.39, 0.29) is 5.78 Å². The molecule has 1 saturated heterocycles. The number of ketones is 1. The second-order valence-electron chi connectivity index (χ2n) is 6.23. The smallest absolute Gasteiger partial charge is 0.183 e. The third-order valence-corrected chi connectivity index (χ3v) is 6.16. The fourth-order valence-electron chi connectivity index (χ4n) is 3.01. The van der Waals surface area contributed by atoms with Gasteiger partial charge in [-0.05, 0) is 25.0 Å². The summed E-state index contributed by atoms with van der Waals surface area (Å²) in [4.78, 5) is 14.3. The topological polar surface area (TPSA) is 54.5 Å². The van der Waals surface area contributed by atoms with Gasteiger partial charge in [-0.1, -0.05) is 32.0 Å². The number of sulfone groups is 1. The summed E-state index contributed by atoms with van der Waals surface area (Å²) in [5.41, 5.74) is 0. The average Bonchev–Trinajstić information content (AvgIpc) is 2.84. The van der Waals surface area contributed by atoms with E-state index in [0.717, 1.165) is 6.54 Å². The van der Waals surface area contributed by atoms with Gasteiger partial charge in [-0.2, -0.15) is 0 Å². The minimum absolute atomic E-state index is 0.0363. The molecular weight excluding hydrogens is 286 g/mol. The second-order valence-corrected chi connectivity index (χ2v) is 8.39. The molecule has 0 amide bonds. The van der Waals surface area contributed by atoms with Crippen LogP contribution in [0.15, 0.2) is 35.2 Å². The third-order valence-electron chi connectivity index (χ3n) is 3.96. The molecular formula is C16H23NO3S. The van der Waals surface area contributed by atoms with E-state index in [1.165, 1.54) is 6.92 Å². The Bertz CT molecular complexity index is 595. The van der Waals surface area contributed by atoms with Crippen molar-refractivity contribution in [2.45, 2.75) is 30.9 Å². The van der Waals surface area contributed by atoms with Crippen LogP contribution in [0.5, 0.6) is 0 Å². The second kappa shape index (κ2) is 6.28. The van der Waals surface area contributed by atoms with E-state index in [4.69, 9.17) is 0 Å². The summed E-state index contributed by atoms with van der Waals surface area (Å²) in [6.45, 7) is 7.51. The first-order valence-electron chi connectivity index (χ1n) is 7.34. The molecule has 0 saturated carbocycles. The van der Waals surface area contributed by atoms with Gasteiger partial charge >= 0.3 is 0 Å². The van der Waals surface area contributed by atoms with Crippen LogP contribution in [0.1, 0.15) is 20.8 Å². The van der Waals surface area contributed by atoms with Crippen molar-refractivity contribution >= 4 is 15.6 Å². The van der Waals surface area contributed by atoms with E-state index in [9.17, 15) is 13.2 Å². The maximum atomic E-state index is 12.8. The lowest BCUT2D eigenvalue weighted by Gasteiger charge is -2.18. The molecule has 2 atom stereocenters. The molecule has 1 aliphatic rings. The van der Waals surface area contributed by atoms with Gasteiger partial charge in [-0.15, -0.1) is 0 Å². The van der Waals surface area contributed by atoms with E-state index in [1.54, 1.807) is 30.3 Å². The summed E-state index contributed by atoms with van der Waals surface area (Å²) in [7, 11) is -3.46. The van der Waals surface area contributed by atoms with Crippen molar-refractivity contribution in [3.05, 3.63) is 30.3 Å². The molecule has 1 aromatic rings. The van der Waals surface area contributed by atoms with Crippen LogP contribution in [0, 0.1) is 11.8 Å². The third kappa shape index (κ3) is 3.52. The van der Waals surface area contributed by atoms with Crippen molar-refractivity contribution in [2.24, 2.45) is 11.8 Å². The molecule has 2 rings (SSSR count). The van der Waals surface area contributed by atoms with Crippen molar-refractivity contribution in [1.82, 2.24) is 4.90 Å². The molecule has 1 aliphatic heterocycles. The average molecular weight is 309 g/mol. The van der Waals surface area contributed by atoms with E-state index in [2.05, 4.69) is 18.7 Å². The Kier molecular flexibility index (Phi) is 4.84. The molecule has 0 bridgehead atoms. The number of Topliss-reactive ketones (excluding diaryl/α,β-unsaturated/α-hetero) is 1. The van der Waals surface area contributed by atoms with Crippen LogP contribution in [0.25, 0.3) is 0 Å². The highest BCUT2D eigenvalue weighted by atomic mass is 32.2. The number of hydrogen-bond acceptors (Lipinski definition) is 4. The molecule has 0 aliphatic carbocycles. The molecule has 0 N–H and O–H groups in total. The van der Waals surface area contributed by atoms with Gasteiger partial charge in [0.1, 0.15) is 5.78 Å². The lowest BCUT2D eigenvalue weighted by atomic mass is 10.0. The van der Waals surface area contributed by atoms with Gasteiger partial charge in [-0.25, -0.2) is 8.42 Å². The molecule has 0 spiro atoms. The Morgan fingerprint density at radius 2 is 1.86 bits per heavy atom. The Hall–Kier alpha value is -1.20. The molecule has 0 aromatic heterocycles. The zero-order chi connectivity index (χ0) is 15.6. The zero-order valence-corrected chi connectivity index (χ0v) is 13.6. The molecule has 0 unspecified atom stereocenters. The standard InChI is InChI=1S/C16H23NO3S/c1-12(2)9-17-10-15(13(3)18)16(11-17)21(19,20)14-7-5-4-6-8-14/h4-8,12,15-16H,9-11H2,1-3H3/t15-,16+/m0/s1. The minimum Gasteiger partial charge on any atom is -0.301 e. The van der Waals surface area contributed by atoms with Crippen LogP contribution in [0.4, 0.5) is 0 Å². The van der Waals surface area contributed by atoms with Crippen LogP contribution < -0.4 is 0 Å². The molecule has 1 heterocycles. The number of likely N-dealkylation sites (tertiary alicyclic amines) is 1. The predicted molar refractivity (Wildman–Crippen MR) is 82.9 cm³/mol.